The lowest BCUT2D eigenvalue weighted by atomic mass is 10.1. The summed E-state index contributed by atoms with van der Waals surface area (Å²) in [7, 11) is 0. The third kappa shape index (κ3) is 5.32. The fourth-order valence-corrected chi connectivity index (χ4v) is 4.21. The van der Waals surface area contributed by atoms with Crippen molar-refractivity contribution in [1.29, 1.82) is 0 Å². The highest BCUT2D eigenvalue weighted by Crippen LogP contribution is 2.26. The number of fused-ring (bicyclic) bond motifs is 1. The van der Waals surface area contributed by atoms with Gasteiger partial charge in [0.15, 0.2) is 0 Å². The quantitative estimate of drug-likeness (QED) is 0.706. The molecule has 0 saturated carbocycles. The first kappa shape index (κ1) is 20.3. The van der Waals surface area contributed by atoms with E-state index in [0.29, 0.717) is 26.1 Å². The van der Waals surface area contributed by atoms with E-state index in [4.69, 9.17) is 9.47 Å². The van der Waals surface area contributed by atoms with Crippen molar-refractivity contribution in [3.05, 3.63) is 59.2 Å². The lowest BCUT2D eigenvalue weighted by molar-refractivity contribution is -0.131. The number of rotatable bonds is 5. The summed E-state index contributed by atoms with van der Waals surface area (Å²) in [5.41, 5.74) is 3.41. The third-order valence-corrected chi connectivity index (χ3v) is 6.23. The molecule has 2 aromatic rings. The van der Waals surface area contributed by atoms with Gasteiger partial charge in [-0.2, -0.15) is 0 Å². The molecule has 0 aliphatic carbocycles. The molecule has 0 unspecified atom stereocenters. The van der Waals surface area contributed by atoms with Gasteiger partial charge in [-0.3, -0.25) is 9.69 Å². The van der Waals surface area contributed by atoms with E-state index in [1.165, 1.54) is 10.5 Å². The van der Waals surface area contributed by atoms with Crippen molar-refractivity contribution in [3.8, 4) is 5.75 Å². The topological polar surface area (TPSA) is 42.0 Å². The number of carbonyl (C=O) groups excluding carboxylic acids is 1. The summed E-state index contributed by atoms with van der Waals surface area (Å²) >= 11 is 1.71. The van der Waals surface area contributed by atoms with Crippen molar-refractivity contribution in [2.45, 2.75) is 24.4 Å². The van der Waals surface area contributed by atoms with Gasteiger partial charge in [0.1, 0.15) is 12.4 Å². The minimum atomic E-state index is 0.150. The van der Waals surface area contributed by atoms with Gasteiger partial charge in [0.25, 0.3) is 0 Å². The number of hydrogen-bond donors (Lipinski definition) is 0. The van der Waals surface area contributed by atoms with Crippen molar-refractivity contribution in [2.24, 2.45) is 0 Å². The molecule has 0 atom stereocenters. The van der Waals surface area contributed by atoms with Crippen LogP contribution in [0.3, 0.4) is 0 Å². The normalized spacial score (nSPS) is 17.3. The van der Waals surface area contributed by atoms with Crippen LogP contribution in [0.1, 0.15) is 16.7 Å². The van der Waals surface area contributed by atoms with Gasteiger partial charge in [-0.05, 0) is 41.6 Å². The molecule has 2 aliphatic heterocycles. The molecule has 2 heterocycles. The first-order chi connectivity index (χ1) is 14.2. The monoisotopic (exact) mass is 412 g/mol. The maximum atomic E-state index is 12.9. The Morgan fingerprint density at radius 3 is 2.52 bits per heavy atom. The number of nitrogens with zero attached hydrogens (tertiary/aromatic N) is 2. The second kappa shape index (κ2) is 9.65. The molecule has 29 heavy (non-hydrogen) atoms. The van der Waals surface area contributed by atoms with E-state index in [9.17, 15) is 4.79 Å². The maximum absolute atomic E-state index is 12.9. The second-order valence-corrected chi connectivity index (χ2v) is 8.40. The molecule has 6 heteroatoms. The molecule has 4 rings (SSSR count). The van der Waals surface area contributed by atoms with Crippen LogP contribution in [-0.4, -0.2) is 61.4 Å². The van der Waals surface area contributed by atoms with Crippen LogP contribution in [0.5, 0.6) is 5.75 Å². The van der Waals surface area contributed by atoms with E-state index < -0.39 is 0 Å². The molecule has 0 aromatic heterocycles. The zero-order valence-corrected chi connectivity index (χ0v) is 17.7. The summed E-state index contributed by atoms with van der Waals surface area (Å²) in [6, 6.07) is 14.6. The molecule has 154 valence electrons. The molecular weight excluding hydrogens is 384 g/mol. The Bertz CT molecular complexity index is 835. The van der Waals surface area contributed by atoms with Gasteiger partial charge >= 0.3 is 0 Å². The Kier molecular flexibility index (Phi) is 6.74. The average Bonchev–Trinajstić information content (AvgIpc) is 2.97. The van der Waals surface area contributed by atoms with Crippen LogP contribution in [0.4, 0.5) is 0 Å². The molecule has 1 amide bonds. The van der Waals surface area contributed by atoms with Crippen molar-refractivity contribution in [3.63, 3.8) is 0 Å². The largest absolute Gasteiger partial charge is 0.491 e. The summed E-state index contributed by atoms with van der Waals surface area (Å²) in [6.07, 6.45) is 2.49. The molecule has 0 radical (unpaired) electrons. The van der Waals surface area contributed by atoms with E-state index in [0.717, 1.165) is 49.7 Å². The number of carbonyl (C=O) groups is 1. The molecule has 2 aromatic carbocycles. The number of ether oxygens (including phenoxy) is 2. The molecule has 1 saturated heterocycles. The summed E-state index contributed by atoms with van der Waals surface area (Å²) in [5, 5.41) is 0. The van der Waals surface area contributed by atoms with Gasteiger partial charge < -0.3 is 14.4 Å². The SMILES string of the molecule is CSc1ccc(CC(=O)N2CCOc3ccc(CN4CCOCC4)cc3C2)cc1. The number of amides is 1. The first-order valence-corrected chi connectivity index (χ1v) is 11.4. The molecule has 2 aliphatic rings. The summed E-state index contributed by atoms with van der Waals surface area (Å²) < 4.78 is 11.4. The number of benzene rings is 2. The van der Waals surface area contributed by atoms with Crippen molar-refractivity contribution >= 4 is 17.7 Å². The zero-order valence-electron chi connectivity index (χ0n) is 16.9. The van der Waals surface area contributed by atoms with Crippen molar-refractivity contribution in [1.82, 2.24) is 9.80 Å². The van der Waals surface area contributed by atoms with Gasteiger partial charge in [-0.1, -0.05) is 18.2 Å². The van der Waals surface area contributed by atoms with Gasteiger partial charge in [-0.15, -0.1) is 11.8 Å². The van der Waals surface area contributed by atoms with E-state index in [-0.39, 0.29) is 5.91 Å². The smallest absolute Gasteiger partial charge is 0.227 e. The average molecular weight is 413 g/mol. The summed E-state index contributed by atoms with van der Waals surface area (Å²) in [5.74, 6) is 1.05. The predicted molar refractivity (Wildman–Crippen MR) is 115 cm³/mol. The van der Waals surface area contributed by atoms with Crippen LogP contribution in [0, 0.1) is 0 Å². The Morgan fingerprint density at radius 1 is 1.00 bits per heavy atom. The Balaban J connectivity index is 1.43. The lowest BCUT2D eigenvalue weighted by Crippen LogP contribution is -2.35. The fraction of sp³-hybridized carbons (Fsp3) is 0.435. The van der Waals surface area contributed by atoms with Gasteiger partial charge in [-0.25, -0.2) is 0 Å². The number of hydrogen-bond acceptors (Lipinski definition) is 5. The predicted octanol–water partition coefficient (Wildman–Crippen LogP) is 3.20. The number of thioether (sulfide) groups is 1. The van der Waals surface area contributed by atoms with E-state index in [1.54, 1.807) is 11.8 Å². The zero-order chi connectivity index (χ0) is 20.1. The third-order valence-electron chi connectivity index (χ3n) is 5.48. The van der Waals surface area contributed by atoms with Crippen LogP contribution in [0.25, 0.3) is 0 Å². The Labute approximate surface area is 177 Å². The summed E-state index contributed by atoms with van der Waals surface area (Å²) in [6.45, 7) is 6.20. The van der Waals surface area contributed by atoms with Crippen LogP contribution >= 0.6 is 11.8 Å². The minimum absolute atomic E-state index is 0.150. The van der Waals surface area contributed by atoms with Crippen molar-refractivity contribution in [2.75, 3.05) is 45.7 Å². The number of morpholine rings is 1. The van der Waals surface area contributed by atoms with Crippen LogP contribution in [0.2, 0.25) is 0 Å². The standard InChI is InChI=1S/C23H28N2O3S/c1-29-21-5-2-18(3-6-21)15-23(26)25-10-13-28-22-7-4-19(14-20(22)17-25)16-24-8-11-27-12-9-24/h2-7,14H,8-13,15-17H2,1H3. The molecule has 1 fully saturated rings. The molecule has 0 N–H and O–H groups in total. The van der Waals surface area contributed by atoms with Gasteiger partial charge in [0, 0.05) is 36.6 Å². The van der Waals surface area contributed by atoms with E-state index in [2.05, 4.69) is 41.5 Å². The first-order valence-electron chi connectivity index (χ1n) is 10.2. The molecular formula is C23H28N2O3S. The second-order valence-electron chi connectivity index (χ2n) is 7.52. The van der Waals surface area contributed by atoms with Gasteiger partial charge in [0.05, 0.1) is 26.2 Å². The minimum Gasteiger partial charge on any atom is -0.491 e. The molecule has 0 spiro atoms. The van der Waals surface area contributed by atoms with Crippen LogP contribution in [0.15, 0.2) is 47.4 Å². The Morgan fingerprint density at radius 2 is 1.76 bits per heavy atom. The Hall–Kier alpha value is -2.02. The highest BCUT2D eigenvalue weighted by Gasteiger charge is 2.21. The highest BCUT2D eigenvalue weighted by atomic mass is 32.2. The van der Waals surface area contributed by atoms with Crippen LogP contribution in [-0.2, 0) is 29.0 Å². The van der Waals surface area contributed by atoms with Gasteiger partial charge in [0.2, 0.25) is 5.91 Å². The van der Waals surface area contributed by atoms with Crippen LogP contribution < -0.4 is 4.74 Å². The molecule has 5 nitrogen and oxygen atoms in total. The van der Waals surface area contributed by atoms with E-state index in [1.807, 2.05) is 17.0 Å². The highest BCUT2D eigenvalue weighted by molar-refractivity contribution is 7.98. The molecule has 0 bridgehead atoms. The van der Waals surface area contributed by atoms with Crippen molar-refractivity contribution < 1.29 is 14.3 Å². The fourth-order valence-electron chi connectivity index (χ4n) is 3.81. The van der Waals surface area contributed by atoms with E-state index >= 15 is 0 Å². The summed E-state index contributed by atoms with van der Waals surface area (Å²) in [4.78, 5) is 18.5. The maximum Gasteiger partial charge on any atom is 0.227 e. The lowest BCUT2D eigenvalue weighted by Gasteiger charge is -2.27.